The average Bonchev–Trinajstić information content (AvgIpc) is 2.29. The van der Waals surface area contributed by atoms with Gasteiger partial charge in [0.25, 0.3) is 0 Å². The zero-order chi connectivity index (χ0) is 11.5. The van der Waals surface area contributed by atoms with Crippen LogP contribution in [0.5, 0.6) is 0 Å². The minimum atomic E-state index is 0.410. The Kier molecular flexibility index (Phi) is 12.0. The van der Waals surface area contributed by atoms with Crippen LogP contribution in [0.15, 0.2) is 0 Å². The quantitative estimate of drug-likeness (QED) is 0.368. The fourth-order valence-electron chi connectivity index (χ4n) is 1.93. The first-order valence-electron chi connectivity index (χ1n) is 6.73. The van der Waals surface area contributed by atoms with Gasteiger partial charge >= 0.3 is 0 Å². The van der Waals surface area contributed by atoms with Crippen LogP contribution in [-0.2, 0) is 0 Å². The maximum atomic E-state index is 2.36. The van der Waals surface area contributed by atoms with E-state index in [2.05, 4.69) is 27.7 Å². The lowest BCUT2D eigenvalue weighted by Crippen LogP contribution is -1.93. The van der Waals surface area contributed by atoms with Gasteiger partial charge in [-0.3, -0.25) is 0 Å². The van der Waals surface area contributed by atoms with Crippen molar-refractivity contribution in [2.75, 3.05) is 37.0 Å². The van der Waals surface area contributed by atoms with Crippen molar-refractivity contribution in [1.82, 2.24) is 0 Å². The summed E-state index contributed by atoms with van der Waals surface area (Å²) < 4.78 is 0. The van der Waals surface area contributed by atoms with E-state index in [1.807, 2.05) is 0 Å². The highest BCUT2D eigenvalue weighted by Gasteiger charge is 2.03. The van der Waals surface area contributed by atoms with Crippen molar-refractivity contribution in [3.05, 3.63) is 0 Å². The molecule has 0 amide bonds. The molecule has 0 heterocycles. The van der Waals surface area contributed by atoms with Gasteiger partial charge in [0.2, 0.25) is 0 Å². The van der Waals surface area contributed by atoms with Crippen molar-refractivity contribution in [1.29, 1.82) is 0 Å². The minimum absolute atomic E-state index is 0.410. The van der Waals surface area contributed by atoms with Crippen LogP contribution in [0.2, 0.25) is 0 Å². The molecule has 0 rings (SSSR count). The molecule has 0 saturated carbocycles. The summed E-state index contributed by atoms with van der Waals surface area (Å²) in [5.41, 5.74) is 0. The summed E-state index contributed by atoms with van der Waals surface area (Å²) in [6.07, 6.45) is 13.4. The van der Waals surface area contributed by atoms with Crippen molar-refractivity contribution in [3.63, 3.8) is 0 Å². The van der Waals surface area contributed by atoms with Gasteiger partial charge in [0.1, 0.15) is 0 Å². The Bertz CT molecular complexity index is 104. The van der Waals surface area contributed by atoms with Crippen molar-refractivity contribution >= 4 is 15.8 Å². The largest absolute Gasteiger partial charge is 0.107 e. The molecule has 0 bridgehead atoms. The molecule has 0 saturated heterocycles. The minimum Gasteiger partial charge on any atom is -0.107 e. The van der Waals surface area contributed by atoms with Crippen LogP contribution < -0.4 is 0 Å². The van der Waals surface area contributed by atoms with E-state index in [9.17, 15) is 0 Å². The van der Waals surface area contributed by atoms with Crippen LogP contribution in [0.3, 0.4) is 0 Å². The Morgan fingerprint density at radius 3 is 1.13 bits per heavy atom. The summed E-state index contributed by atoms with van der Waals surface area (Å²) in [5.74, 6) is 0. The first-order chi connectivity index (χ1) is 7.28. The molecule has 0 aromatic carbocycles. The van der Waals surface area contributed by atoms with Crippen LogP contribution in [0, 0.1) is 0 Å². The second kappa shape index (κ2) is 11.3. The predicted octanol–water partition coefficient (Wildman–Crippen LogP) is 5.20. The van der Waals surface area contributed by atoms with Crippen LogP contribution in [-0.4, -0.2) is 37.0 Å². The van der Waals surface area contributed by atoms with E-state index in [4.69, 9.17) is 0 Å². The molecular formula is C13H30P2. The average molecular weight is 248 g/mol. The maximum absolute atomic E-state index is 2.36. The molecule has 15 heavy (non-hydrogen) atoms. The molecule has 0 nitrogen and oxygen atoms in total. The van der Waals surface area contributed by atoms with Crippen molar-refractivity contribution < 1.29 is 0 Å². The highest BCUT2D eigenvalue weighted by atomic mass is 31.1. The van der Waals surface area contributed by atoms with E-state index in [0.29, 0.717) is 15.8 Å². The number of hydrogen-bond acceptors (Lipinski definition) is 0. The van der Waals surface area contributed by atoms with E-state index < -0.39 is 0 Å². The van der Waals surface area contributed by atoms with Gasteiger partial charge in [-0.15, -0.1) is 15.8 Å². The van der Waals surface area contributed by atoms with Crippen molar-refractivity contribution in [2.45, 2.75) is 47.0 Å². The molecule has 2 heteroatoms. The summed E-state index contributed by atoms with van der Waals surface area (Å²) in [6.45, 7) is 9.45. The van der Waals surface area contributed by atoms with Crippen molar-refractivity contribution in [2.24, 2.45) is 0 Å². The summed E-state index contributed by atoms with van der Waals surface area (Å²) in [7, 11) is 0.820. The molecule has 92 valence electrons. The first-order valence-corrected chi connectivity index (χ1v) is 10.5. The van der Waals surface area contributed by atoms with E-state index in [1.165, 1.54) is 43.9 Å². The van der Waals surface area contributed by atoms with Gasteiger partial charge in [-0.2, -0.15) is 0 Å². The monoisotopic (exact) mass is 248 g/mol. The fraction of sp³-hybridized carbons (Fsp3) is 1.00. The van der Waals surface area contributed by atoms with Crippen LogP contribution in [0.1, 0.15) is 47.0 Å². The molecule has 0 aliphatic rings. The maximum Gasteiger partial charge on any atom is -0.0326 e. The summed E-state index contributed by atoms with van der Waals surface area (Å²) >= 11 is 0. The van der Waals surface area contributed by atoms with Gasteiger partial charge in [-0.25, -0.2) is 0 Å². The zero-order valence-corrected chi connectivity index (χ0v) is 13.0. The molecule has 0 unspecified atom stereocenters. The predicted molar refractivity (Wildman–Crippen MR) is 79.6 cm³/mol. The third kappa shape index (κ3) is 8.65. The lowest BCUT2D eigenvalue weighted by atomic mass is 10.3. The molecule has 0 spiro atoms. The lowest BCUT2D eigenvalue weighted by Gasteiger charge is -2.14. The second-order valence-corrected chi connectivity index (χ2v) is 10.2. The molecule has 0 radical (unpaired) electrons. The molecule has 0 aliphatic carbocycles. The standard InChI is InChI=1S/C13H30P2/c1-5-14(6-2)12-10-9-11-13-15(7-3)8-4/h5-13H2,1-4H3. The van der Waals surface area contributed by atoms with E-state index in [1.54, 1.807) is 12.3 Å². The lowest BCUT2D eigenvalue weighted by molar-refractivity contribution is 0.778. The number of unbranched alkanes of at least 4 members (excludes halogenated alkanes) is 2. The SMILES string of the molecule is CCP(CC)CCCCCP(CC)CC. The second-order valence-electron chi connectivity index (χ2n) is 4.11. The molecule has 0 aromatic rings. The van der Waals surface area contributed by atoms with E-state index in [-0.39, 0.29) is 0 Å². The van der Waals surface area contributed by atoms with Gasteiger partial charge in [-0.05, 0) is 49.8 Å². The highest BCUT2D eigenvalue weighted by Crippen LogP contribution is 2.37. The molecule has 0 aromatic heterocycles. The summed E-state index contributed by atoms with van der Waals surface area (Å²) in [5, 5.41) is 0. The van der Waals surface area contributed by atoms with E-state index >= 15 is 0 Å². The molecule has 0 fully saturated rings. The molecular weight excluding hydrogens is 218 g/mol. The zero-order valence-electron chi connectivity index (χ0n) is 11.3. The molecule has 0 N–H and O–H groups in total. The third-order valence-corrected chi connectivity index (χ3v) is 8.71. The van der Waals surface area contributed by atoms with Crippen molar-refractivity contribution in [3.8, 4) is 0 Å². The first kappa shape index (κ1) is 15.9. The van der Waals surface area contributed by atoms with Gasteiger partial charge < -0.3 is 0 Å². The summed E-state index contributed by atoms with van der Waals surface area (Å²) in [6, 6.07) is 0. The molecule has 0 atom stereocenters. The van der Waals surface area contributed by atoms with Gasteiger partial charge in [0, 0.05) is 0 Å². The Hall–Kier alpha value is 0.860. The normalized spacial score (nSPS) is 11.6. The van der Waals surface area contributed by atoms with E-state index in [0.717, 1.165) is 0 Å². The Labute approximate surface area is 100 Å². The number of rotatable bonds is 10. The highest BCUT2D eigenvalue weighted by molar-refractivity contribution is 7.57. The fourth-order valence-corrected chi connectivity index (χ4v) is 5.43. The smallest absolute Gasteiger partial charge is 0.0326 e. The topological polar surface area (TPSA) is 0 Å². The Morgan fingerprint density at radius 2 is 0.867 bits per heavy atom. The Balaban J connectivity index is 3.30. The van der Waals surface area contributed by atoms with Crippen LogP contribution >= 0.6 is 15.8 Å². The van der Waals surface area contributed by atoms with Gasteiger partial charge in [0.05, 0.1) is 0 Å². The number of hydrogen-bond donors (Lipinski definition) is 0. The third-order valence-electron chi connectivity index (χ3n) is 3.24. The summed E-state index contributed by atoms with van der Waals surface area (Å²) in [4.78, 5) is 0. The Morgan fingerprint density at radius 1 is 0.533 bits per heavy atom. The molecule has 0 aliphatic heterocycles. The van der Waals surface area contributed by atoms with Gasteiger partial charge in [-0.1, -0.05) is 34.1 Å². The van der Waals surface area contributed by atoms with Gasteiger partial charge in [0.15, 0.2) is 0 Å². The van der Waals surface area contributed by atoms with Crippen LogP contribution in [0.25, 0.3) is 0 Å². The van der Waals surface area contributed by atoms with Crippen LogP contribution in [0.4, 0.5) is 0 Å².